The van der Waals surface area contributed by atoms with Crippen LogP contribution in [0.1, 0.15) is 64.8 Å². The van der Waals surface area contributed by atoms with Crippen molar-refractivity contribution in [3.63, 3.8) is 0 Å². The van der Waals surface area contributed by atoms with Gasteiger partial charge in [0, 0.05) is 43.5 Å². The molecule has 0 radical (unpaired) electrons. The zero-order valence-corrected chi connectivity index (χ0v) is 29.5. The number of aromatic nitrogens is 3. The number of furan rings is 1. The number of hydrogen-bond donors (Lipinski definition) is 2. The number of aliphatic carboxylic acids is 1. The van der Waals surface area contributed by atoms with Gasteiger partial charge in [-0.15, -0.1) is 0 Å². The Kier molecular flexibility index (Phi) is 10.5. The van der Waals surface area contributed by atoms with Crippen LogP contribution >= 0.6 is 11.6 Å². The van der Waals surface area contributed by atoms with E-state index in [2.05, 4.69) is 10.3 Å². The number of piperidine rings is 1. The summed E-state index contributed by atoms with van der Waals surface area (Å²) in [4.78, 5) is 40.7. The quantitative estimate of drug-likeness (QED) is 0.131. The zero-order valence-electron chi connectivity index (χ0n) is 28.7. The maximum Gasteiger partial charge on any atom is 0.329 e. The normalized spacial score (nSPS) is 22.7. The summed E-state index contributed by atoms with van der Waals surface area (Å²) in [7, 11) is 0. The summed E-state index contributed by atoms with van der Waals surface area (Å²) in [6, 6.07) is 8.31. The zero-order chi connectivity index (χ0) is 35.6. The van der Waals surface area contributed by atoms with E-state index >= 15 is 4.39 Å². The molecule has 4 aromatic rings. The largest absolute Gasteiger partial charge is 0.481 e. The number of alkyl halides is 1. The van der Waals surface area contributed by atoms with Crippen LogP contribution in [0, 0.1) is 5.92 Å². The van der Waals surface area contributed by atoms with Crippen molar-refractivity contribution in [3.05, 3.63) is 52.9 Å². The Hall–Kier alpha value is -4.07. The van der Waals surface area contributed by atoms with Gasteiger partial charge >= 0.3 is 11.9 Å². The van der Waals surface area contributed by atoms with Crippen molar-refractivity contribution in [1.29, 1.82) is 0 Å². The molecule has 0 amide bonds. The molecule has 0 saturated carbocycles. The highest BCUT2D eigenvalue weighted by Gasteiger charge is 2.46. The lowest BCUT2D eigenvalue weighted by Crippen LogP contribution is -2.44. The van der Waals surface area contributed by atoms with E-state index in [4.69, 9.17) is 45.3 Å². The smallest absolute Gasteiger partial charge is 0.329 e. The predicted octanol–water partition coefficient (Wildman–Crippen LogP) is 6.01. The maximum absolute atomic E-state index is 16.7. The van der Waals surface area contributed by atoms with Crippen LogP contribution in [0.15, 0.2) is 40.9 Å². The Morgan fingerprint density at radius 2 is 2.02 bits per heavy atom. The number of carboxylic acids is 1. The third-order valence-electron chi connectivity index (χ3n) is 9.05. The Morgan fingerprint density at radius 1 is 1.22 bits per heavy atom. The number of carboxylic acid groups (broad SMARTS) is 1. The number of halogens is 2. The van der Waals surface area contributed by atoms with E-state index in [1.54, 1.807) is 6.07 Å². The summed E-state index contributed by atoms with van der Waals surface area (Å²) in [6.45, 7) is 8.91. The van der Waals surface area contributed by atoms with Crippen molar-refractivity contribution < 1.29 is 37.7 Å². The molecule has 0 unspecified atom stereocenters. The van der Waals surface area contributed by atoms with Crippen molar-refractivity contribution in [3.8, 4) is 5.88 Å². The molecule has 2 aliphatic heterocycles. The minimum Gasteiger partial charge on any atom is -0.481 e. The Bertz CT molecular complexity index is 1870. The summed E-state index contributed by atoms with van der Waals surface area (Å²) in [5, 5.41) is 13.2. The third-order valence-corrected chi connectivity index (χ3v) is 9.26. The van der Waals surface area contributed by atoms with Crippen molar-refractivity contribution in [2.24, 2.45) is 5.92 Å². The number of pyridine rings is 1. The van der Waals surface area contributed by atoms with Gasteiger partial charge in [-0.1, -0.05) is 30.7 Å². The number of nitrogens with zero attached hydrogens (tertiary/aromatic N) is 4. The summed E-state index contributed by atoms with van der Waals surface area (Å²) < 4.78 is 40.9. The summed E-state index contributed by atoms with van der Waals surface area (Å²) in [5.74, 6) is -0.673. The molecule has 0 aliphatic carbocycles. The highest BCUT2D eigenvalue weighted by atomic mass is 35.5. The van der Waals surface area contributed by atoms with Crippen LogP contribution < -0.4 is 15.0 Å². The number of fused-ring (bicyclic) bond motifs is 3. The topological polar surface area (TPSA) is 149 Å². The second kappa shape index (κ2) is 14.7. The number of nitrogens with one attached hydrogen (secondary N) is 1. The maximum atomic E-state index is 16.7. The van der Waals surface area contributed by atoms with Crippen LogP contribution in [0.4, 0.5) is 10.2 Å². The molecule has 0 spiro atoms. The molecule has 2 fully saturated rings. The van der Waals surface area contributed by atoms with Crippen LogP contribution in [-0.2, 0) is 31.2 Å². The molecule has 14 heteroatoms. The summed E-state index contributed by atoms with van der Waals surface area (Å²) in [6.07, 6.45) is 2.20. The number of ether oxygens (including phenoxy) is 3. The SMILES string of the molecule is C[C@H]1CNCC[C@]1(F)c1cc(Cl)cnc1O[C@H]1C[C@@H](C(=O)OC(C)(C)C)N(c2nc(CCCOCCC(=O)O)nc3c2oc2ccccc23)C1. The van der Waals surface area contributed by atoms with Crippen molar-refractivity contribution in [2.45, 2.75) is 83.2 Å². The fraction of sp³-hybridized carbons (Fsp3) is 0.528. The van der Waals surface area contributed by atoms with Gasteiger partial charge in [0.1, 0.15) is 40.3 Å². The van der Waals surface area contributed by atoms with Gasteiger partial charge in [-0.05, 0) is 58.4 Å². The molecule has 2 N–H and O–H groups in total. The van der Waals surface area contributed by atoms with Gasteiger partial charge in [0.2, 0.25) is 5.88 Å². The number of carbonyl (C=O) groups excluding carboxylic acids is 1. The van der Waals surface area contributed by atoms with E-state index < -0.39 is 35.4 Å². The number of rotatable bonds is 12. The number of anilines is 1. The monoisotopic (exact) mass is 711 g/mol. The summed E-state index contributed by atoms with van der Waals surface area (Å²) >= 11 is 6.34. The molecule has 2 aliphatic rings. The highest BCUT2D eigenvalue weighted by Crippen LogP contribution is 2.45. The lowest BCUT2D eigenvalue weighted by Gasteiger charge is -2.37. The fourth-order valence-corrected chi connectivity index (χ4v) is 6.76. The predicted molar refractivity (Wildman–Crippen MR) is 185 cm³/mol. The van der Waals surface area contributed by atoms with E-state index in [9.17, 15) is 9.59 Å². The van der Waals surface area contributed by atoms with Crippen LogP contribution in [0.3, 0.4) is 0 Å². The number of esters is 1. The first-order valence-electron chi connectivity index (χ1n) is 17.0. The fourth-order valence-electron chi connectivity index (χ4n) is 6.61. The Morgan fingerprint density at radius 3 is 2.78 bits per heavy atom. The number of carbonyl (C=O) groups is 2. The minimum absolute atomic E-state index is 0.0759. The average molecular weight is 712 g/mol. The van der Waals surface area contributed by atoms with Crippen LogP contribution in [0.25, 0.3) is 22.1 Å². The van der Waals surface area contributed by atoms with E-state index in [1.807, 2.05) is 56.9 Å². The van der Waals surface area contributed by atoms with E-state index in [0.29, 0.717) is 71.4 Å². The van der Waals surface area contributed by atoms with Crippen molar-refractivity contribution >= 4 is 51.4 Å². The lowest BCUT2D eigenvalue weighted by atomic mass is 9.79. The van der Waals surface area contributed by atoms with Gasteiger partial charge in [0.15, 0.2) is 11.4 Å². The van der Waals surface area contributed by atoms with Gasteiger partial charge in [0.25, 0.3) is 0 Å². The highest BCUT2D eigenvalue weighted by molar-refractivity contribution is 6.30. The molecule has 3 aromatic heterocycles. The number of aryl methyl sites for hydroxylation is 1. The molecule has 268 valence electrons. The van der Waals surface area contributed by atoms with Gasteiger partial charge < -0.3 is 34.0 Å². The third kappa shape index (κ3) is 7.79. The second-order valence-corrected chi connectivity index (χ2v) is 14.4. The second-order valence-electron chi connectivity index (χ2n) is 14.0. The Labute approximate surface area is 294 Å². The molecule has 5 heterocycles. The first-order chi connectivity index (χ1) is 23.8. The molecule has 4 atom stereocenters. The van der Waals surface area contributed by atoms with E-state index in [-0.39, 0.29) is 44.2 Å². The van der Waals surface area contributed by atoms with Gasteiger partial charge in [-0.3, -0.25) is 4.79 Å². The molecule has 6 rings (SSSR count). The minimum atomic E-state index is -1.71. The lowest BCUT2D eigenvalue weighted by molar-refractivity contribution is -0.156. The van der Waals surface area contributed by atoms with Crippen LogP contribution in [-0.4, -0.2) is 82.6 Å². The molecule has 50 heavy (non-hydrogen) atoms. The molecular formula is C36H43ClFN5O7. The summed E-state index contributed by atoms with van der Waals surface area (Å²) in [5.41, 5.74) is -0.544. The van der Waals surface area contributed by atoms with Gasteiger partial charge in [-0.25, -0.2) is 24.1 Å². The molecule has 0 bridgehead atoms. The van der Waals surface area contributed by atoms with Gasteiger partial charge in [-0.2, -0.15) is 0 Å². The van der Waals surface area contributed by atoms with Crippen molar-refractivity contribution in [2.75, 3.05) is 37.7 Å². The molecular weight excluding hydrogens is 669 g/mol. The molecule has 12 nitrogen and oxygen atoms in total. The van der Waals surface area contributed by atoms with Crippen LogP contribution in [0.5, 0.6) is 5.88 Å². The standard InChI is InChI=1S/C36H43ClFN5O7/c1-21-18-39-13-12-36(21,38)25-16-22(37)19-40-33(25)48-23-17-26(34(46)50-35(2,3)4)43(20-23)32-31-30(24-8-5-6-9-27(24)49-31)41-28(42-32)10-7-14-47-15-11-29(44)45/h5-6,8-9,16,19,21,23,26,39H,7,10-15,17-18,20H2,1-4H3,(H,44,45)/t21-,23-,26-,36+/m0/s1. The number of para-hydroxylation sites is 1. The average Bonchev–Trinajstić information content (AvgIpc) is 3.65. The van der Waals surface area contributed by atoms with E-state index in [0.717, 1.165) is 5.39 Å². The van der Waals surface area contributed by atoms with Crippen LogP contribution in [0.2, 0.25) is 5.02 Å². The molecule has 1 aromatic carbocycles. The van der Waals surface area contributed by atoms with Gasteiger partial charge in [0.05, 0.1) is 30.2 Å². The van der Waals surface area contributed by atoms with Crippen molar-refractivity contribution in [1.82, 2.24) is 20.3 Å². The number of hydrogen-bond acceptors (Lipinski definition) is 11. The number of benzene rings is 1. The first kappa shape index (κ1) is 35.7. The Balaban J connectivity index is 1.36. The van der Waals surface area contributed by atoms with E-state index in [1.165, 1.54) is 6.20 Å². The molecule has 2 saturated heterocycles. The first-order valence-corrected chi connectivity index (χ1v) is 17.4.